The average molecular weight is 468 g/mol. The normalized spacial score (nSPS) is 15.3. The number of hydrogen-bond donors (Lipinski definition) is 0. The van der Waals surface area contributed by atoms with Gasteiger partial charge in [-0.1, -0.05) is 90.9 Å². The lowest BCUT2D eigenvalue weighted by molar-refractivity contribution is 0.304. The maximum atomic E-state index is 15.0. The van der Waals surface area contributed by atoms with E-state index in [1.165, 1.54) is 83.5 Å². The molecule has 188 valence electrons. The van der Waals surface area contributed by atoms with Crippen molar-refractivity contribution in [3.05, 3.63) is 47.4 Å². The number of hydrogen-bond acceptors (Lipinski definition) is 2. The first kappa shape index (κ1) is 26.7. The fraction of sp³-hybridized carbons (Fsp3) is 0.645. The van der Waals surface area contributed by atoms with Crippen LogP contribution in [0.3, 0.4) is 0 Å². The van der Waals surface area contributed by atoms with Crippen LogP contribution < -0.4 is 4.74 Å². The van der Waals surface area contributed by atoms with E-state index >= 15 is 0 Å². The number of halogens is 1. The number of fused-ring (bicyclic) bond motifs is 1. The first-order chi connectivity index (χ1) is 16.7. The van der Waals surface area contributed by atoms with Gasteiger partial charge in [0.2, 0.25) is 5.95 Å². The Morgan fingerprint density at radius 1 is 0.853 bits per heavy atom. The summed E-state index contributed by atoms with van der Waals surface area (Å²) >= 11 is 0. The lowest BCUT2D eigenvalue weighted by Gasteiger charge is -2.25. The molecule has 34 heavy (non-hydrogen) atoms. The predicted molar refractivity (Wildman–Crippen MR) is 142 cm³/mol. The highest BCUT2D eigenvalue weighted by atomic mass is 19.1. The monoisotopic (exact) mass is 467 g/mol. The van der Waals surface area contributed by atoms with E-state index in [0.29, 0.717) is 5.92 Å². The maximum absolute atomic E-state index is 15.0. The van der Waals surface area contributed by atoms with E-state index in [1.807, 2.05) is 24.3 Å². The SMILES string of the molecule is CCCCCCCCOc1ccc(-c2cc3c(c(F)n2)CC(CCCCCCCC)CC3)cc1. The largest absolute Gasteiger partial charge is 0.494 e. The average Bonchev–Trinajstić information content (AvgIpc) is 2.86. The molecule has 2 nitrogen and oxygen atoms in total. The van der Waals surface area contributed by atoms with Crippen molar-refractivity contribution in [2.45, 2.75) is 117 Å². The van der Waals surface area contributed by atoms with Crippen LogP contribution in [0.15, 0.2) is 30.3 Å². The van der Waals surface area contributed by atoms with Gasteiger partial charge < -0.3 is 4.74 Å². The standard InChI is InChI=1S/C31H46FNO/c1-3-5-7-9-11-13-15-25-16-17-27-24-30(33-31(32)29(27)23-25)26-18-20-28(21-19-26)34-22-14-12-10-8-6-4-2/h18-21,24-25H,3-17,22-23H2,1-2H3. The van der Waals surface area contributed by atoms with E-state index in [1.54, 1.807) is 0 Å². The van der Waals surface area contributed by atoms with Gasteiger partial charge in [0.05, 0.1) is 12.3 Å². The number of aryl methyl sites for hydroxylation is 1. The smallest absolute Gasteiger partial charge is 0.216 e. The van der Waals surface area contributed by atoms with Gasteiger partial charge in [0.15, 0.2) is 0 Å². The summed E-state index contributed by atoms with van der Waals surface area (Å²) in [6.45, 7) is 5.26. The zero-order chi connectivity index (χ0) is 24.0. The van der Waals surface area contributed by atoms with E-state index in [9.17, 15) is 4.39 Å². The molecular weight excluding hydrogens is 421 g/mol. The van der Waals surface area contributed by atoms with Gasteiger partial charge in [-0.15, -0.1) is 0 Å². The van der Waals surface area contributed by atoms with Crippen LogP contribution in [0.25, 0.3) is 11.3 Å². The van der Waals surface area contributed by atoms with Gasteiger partial charge in [0.1, 0.15) is 5.75 Å². The lowest BCUT2D eigenvalue weighted by atomic mass is 9.81. The molecule has 0 aliphatic heterocycles. The van der Waals surface area contributed by atoms with Crippen LogP contribution in [0.4, 0.5) is 4.39 Å². The van der Waals surface area contributed by atoms with Crippen molar-refractivity contribution < 1.29 is 9.13 Å². The summed E-state index contributed by atoms with van der Waals surface area (Å²) in [7, 11) is 0. The molecule has 0 saturated carbocycles. The van der Waals surface area contributed by atoms with Crippen LogP contribution in [0.2, 0.25) is 0 Å². The van der Waals surface area contributed by atoms with Gasteiger partial charge in [0, 0.05) is 11.1 Å². The molecular formula is C31H46FNO. The van der Waals surface area contributed by atoms with Crippen LogP contribution in [0.5, 0.6) is 5.75 Å². The summed E-state index contributed by atoms with van der Waals surface area (Å²) < 4.78 is 20.9. The Morgan fingerprint density at radius 2 is 1.50 bits per heavy atom. The number of benzene rings is 1. The second kappa shape index (κ2) is 15.2. The molecule has 1 aliphatic carbocycles. The Kier molecular flexibility index (Phi) is 11.9. The molecule has 1 aromatic carbocycles. The number of nitrogens with zero attached hydrogens (tertiary/aromatic N) is 1. The van der Waals surface area contributed by atoms with E-state index in [0.717, 1.165) is 54.0 Å². The number of unbranched alkanes of at least 4 members (excludes halogenated alkanes) is 10. The number of rotatable bonds is 16. The molecule has 0 saturated heterocycles. The second-order valence-electron chi connectivity index (χ2n) is 10.2. The predicted octanol–water partition coefficient (Wildman–Crippen LogP) is 9.48. The van der Waals surface area contributed by atoms with E-state index in [2.05, 4.69) is 24.9 Å². The molecule has 2 aromatic rings. The third kappa shape index (κ3) is 8.71. The topological polar surface area (TPSA) is 22.1 Å². The summed E-state index contributed by atoms with van der Waals surface area (Å²) in [5.74, 6) is 1.24. The highest BCUT2D eigenvalue weighted by molar-refractivity contribution is 5.61. The van der Waals surface area contributed by atoms with Crippen molar-refractivity contribution in [2.75, 3.05) is 6.61 Å². The molecule has 0 amide bonds. The molecule has 3 rings (SSSR count). The minimum Gasteiger partial charge on any atom is -0.494 e. The third-order valence-electron chi connectivity index (χ3n) is 7.36. The maximum Gasteiger partial charge on any atom is 0.216 e. The Balaban J connectivity index is 1.47. The molecule has 0 radical (unpaired) electrons. The van der Waals surface area contributed by atoms with Gasteiger partial charge in [-0.05, 0) is 67.5 Å². The van der Waals surface area contributed by atoms with Crippen molar-refractivity contribution in [1.82, 2.24) is 4.98 Å². The van der Waals surface area contributed by atoms with Gasteiger partial charge >= 0.3 is 0 Å². The molecule has 1 atom stereocenters. The van der Waals surface area contributed by atoms with Gasteiger partial charge in [-0.2, -0.15) is 4.39 Å². The van der Waals surface area contributed by atoms with Crippen LogP contribution >= 0.6 is 0 Å². The van der Waals surface area contributed by atoms with Crippen LogP contribution in [-0.2, 0) is 12.8 Å². The number of pyridine rings is 1. The minimum atomic E-state index is -0.261. The third-order valence-corrected chi connectivity index (χ3v) is 7.36. The molecule has 0 fully saturated rings. The molecule has 3 heteroatoms. The number of ether oxygens (including phenoxy) is 1. The minimum absolute atomic E-state index is 0.261. The van der Waals surface area contributed by atoms with Crippen molar-refractivity contribution in [3.63, 3.8) is 0 Å². The molecule has 1 unspecified atom stereocenters. The molecule has 0 spiro atoms. The van der Waals surface area contributed by atoms with Crippen molar-refractivity contribution in [2.24, 2.45) is 5.92 Å². The van der Waals surface area contributed by atoms with Crippen LogP contribution in [0.1, 0.15) is 115 Å². The first-order valence-electron chi connectivity index (χ1n) is 14.1. The molecule has 1 heterocycles. The molecule has 0 bridgehead atoms. The van der Waals surface area contributed by atoms with Crippen LogP contribution in [-0.4, -0.2) is 11.6 Å². The van der Waals surface area contributed by atoms with Crippen molar-refractivity contribution in [3.8, 4) is 17.0 Å². The van der Waals surface area contributed by atoms with E-state index in [4.69, 9.17) is 4.74 Å². The van der Waals surface area contributed by atoms with Gasteiger partial charge in [0.25, 0.3) is 0 Å². The lowest BCUT2D eigenvalue weighted by Crippen LogP contribution is -2.17. The molecule has 0 N–H and O–H groups in total. The van der Waals surface area contributed by atoms with Gasteiger partial charge in [-0.3, -0.25) is 0 Å². The summed E-state index contributed by atoms with van der Waals surface area (Å²) in [6.07, 6.45) is 19.8. The van der Waals surface area contributed by atoms with E-state index < -0.39 is 0 Å². The fourth-order valence-electron chi connectivity index (χ4n) is 5.18. The first-order valence-corrected chi connectivity index (χ1v) is 14.1. The van der Waals surface area contributed by atoms with Crippen molar-refractivity contribution >= 4 is 0 Å². The summed E-state index contributed by atoms with van der Waals surface area (Å²) in [5, 5.41) is 0. The highest BCUT2D eigenvalue weighted by Crippen LogP contribution is 2.33. The summed E-state index contributed by atoms with van der Waals surface area (Å²) in [4.78, 5) is 4.35. The molecule has 1 aromatic heterocycles. The summed E-state index contributed by atoms with van der Waals surface area (Å²) in [5.41, 5.74) is 3.73. The Morgan fingerprint density at radius 3 is 2.21 bits per heavy atom. The number of aromatic nitrogens is 1. The zero-order valence-corrected chi connectivity index (χ0v) is 21.7. The van der Waals surface area contributed by atoms with Crippen LogP contribution in [0, 0.1) is 11.9 Å². The Hall–Kier alpha value is -1.90. The quantitative estimate of drug-likeness (QED) is 0.181. The fourth-order valence-corrected chi connectivity index (χ4v) is 5.18. The van der Waals surface area contributed by atoms with E-state index in [-0.39, 0.29) is 5.95 Å². The Labute approximate surface area is 207 Å². The highest BCUT2D eigenvalue weighted by Gasteiger charge is 2.23. The zero-order valence-electron chi connectivity index (χ0n) is 21.7. The Bertz CT molecular complexity index is 832. The second-order valence-corrected chi connectivity index (χ2v) is 10.2. The van der Waals surface area contributed by atoms with Crippen molar-refractivity contribution in [1.29, 1.82) is 0 Å². The van der Waals surface area contributed by atoms with Gasteiger partial charge in [-0.25, -0.2) is 4.98 Å². The molecule has 1 aliphatic rings. The summed E-state index contributed by atoms with van der Waals surface area (Å²) in [6, 6.07) is 10.1.